The van der Waals surface area contributed by atoms with Gasteiger partial charge in [-0.2, -0.15) is 0 Å². The highest BCUT2D eigenvalue weighted by Gasteiger charge is 2.25. The normalized spacial score (nSPS) is 12.2. The van der Waals surface area contributed by atoms with E-state index < -0.39 is 0 Å². The van der Waals surface area contributed by atoms with Gasteiger partial charge in [0.2, 0.25) is 0 Å². The lowest BCUT2D eigenvalue weighted by molar-refractivity contribution is 0.674. The van der Waals surface area contributed by atoms with Gasteiger partial charge in [0.05, 0.1) is 0 Å². The third-order valence-electron chi connectivity index (χ3n) is 10.2. The van der Waals surface area contributed by atoms with Crippen molar-refractivity contribution in [2.75, 3.05) is 0 Å². The van der Waals surface area contributed by atoms with Crippen LogP contribution in [0, 0.1) is 0 Å². The molecule has 0 saturated carbocycles. The molecule has 11 rings (SSSR count). The molecule has 2 heterocycles. The highest BCUT2D eigenvalue weighted by atomic mass is 32.1. The summed E-state index contributed by atoms with van der Waals surface area (Å²) >= 11 is 1.87. The first-order valence-corrected chi connectivity index (χ1v) is 17.2. The molecule has 0 aliphatic carbocycles. The molecule has 2 heteroatoms. The van der Waals surface area contributed by atoms with E-state index in [0.29, 0.717) is 0 Å². The molecule has 0 spiro atoms. The third-order valence-corrected chi connectivity index (χ3v) is 11.3. The Hall–Kier alpha value is -5.96. The molecule has 9 aromatic carbocycles. The predicted molar refractivity (Wildman–Crippen MR) is 208 cm³/mol. The van der Waals surface area contributed by atoms with Crippen LogP contribution in [0.15, 0.2) is 162 Å². The molecule has 11 aromatic rings. The molecule has 1 nitrogen and oxygen atoms in total. The molecule has 0 bridgehead atoms. The summed E-state index contributed by atoms with van der Waals surface area (Å²) in [4.78, 5) is 0. The maximum atomic E-state index is 7.14. The van der Waals surface area contributed by atoms with Crippen molar-refractivity contribution in [3.63, 3.8) is 0 Å². The summed E-state index contributed by atoms with van der Waals surface area (Å²) in [6.07, 6.45) is 0. The molecule has 0 saturated heterocycles. The van der Waals surface area contributed by atoms with Crippen molar-refractivity contribution in [1.82, 2.24) is 0 Å². The lowest BCUT2D eigenvalue weighted by Gasteiger charge is -2.19. The smallest absolute Gasteiger partial charge is 0.144 e. The van der Waals surface area contributed by atoms with Crippen molar-refractivity contribution in [3.8, 4) is 22.3 Å². The van der Waals surface area contributed by atoms with Crippen LogP contribution >= 0.6 is 11.3 Å². The fourth-order valence-corrected chi connectivity index (χ4v) is 9.29. The molecule has 0 unspecified atom stereocenters. The van der Waals surface area contributed by atoms with Gasteiger partial charge in [-0.3, -0.25) is 0 Å². The van der Waals surface area contributed by atoms with Gasteiger partial charge >= 0.3 is 0 Å². The summed E-state index contributed by atoms with van der Waals surface area (Å²) in [7, 11) is 0. The van der Waals surface area contributed by atoms with Crippen LogP contribution in [-0.2, 0) is 0 Å². The number of rotatable bonds is 2. The highest BCUT2D eigenvalue weighted by Crippen LogP contribution is 2.52. The topological polar surface area (TPSA) is 13.1 Å². The lowest BCUT2D eigenvalue weighted by Crippen LogP contribution is -1.92. The predicted octanol–water partition coefficient (Wildman–Crippen LogP) is 13.9. The zero-order valence-corrected chi connectivity index (χ0v) is 26.6. The van der Waals surface area contributed by atoms with E-state index in [2.05, 4.69) is 158 Å². The first kappa shape index (κ1) is 26.1. The Kier molecular flexibility index (Phi) is 5.32. The zero-order valence-electron chi connectivity index (χ0n) is 25.8. The summed E-state index contributed by atoms with van der Waals surface area (Å²) in [6, 6.07) is 57.6. The molecule has 0 amide bonds. The molecule has 0 aliphatic rings. The summed E-state index contributed by atoms with van der Waals surface area (Å²) < 4.78 is 9.71. The second kappa shape index (κ2) is 9.78. The highest BCUT2D eigenvalue weighted by molar-refractivity contribution is 7.26. The van der Waals surface area contributed by atoms with E-state index in [1.807, 2.05) is 11.3 Å². The van der Waals surface area contributed by atoms with Crippen molar-refractivity contribution in [1.29, 1.82) is 0 Å². The second-order valence-electron chi connectivity index (χ2n) is 12.8. The molecular formula is C46H26OS. The summed E-state index contributed by atoms with van der Waals surface area (Å²) in [6.45, 7) is 0. The van der Waals surface area contributed by atoms with Crippen LogP contribution in [0.1, 0.15) is 0 Å². The maximum Gasteiger partial charge on any atom is 0.144 e. The van der Waals surface area contributed by atoms with Crippen molar-refractivity contribution in [3.05, 3.63) is 158 Å². The van der Waals surface area contributed by atoms with Gasteiger partial charge in [-0.25, -0.2) is 0 Å². The standard InChI is InChI=1S/C46H26OS/c1-2-13-29-25-30(22-21-27(29)11-1)41-32-15-5-7-17-34(32)42(35-18-8-6-16-33(35)41)44-43-37-19-9-10-20-39(37)48-40(43)26-38-36-24-23-28-12-3-4-14-31(28)45(36)47-46(38)44/h1-26H. The van der Waals surface area contributed by atoms with Crippen molar-refractivity contribution >= 4 is 96.5 Å². The summed E-state index contributed by atoms with van der Waals surface area (Å²) in [5.41, 5.74) is 6.81. The van der Waals surface area contributed by atoms with E-state index in [-0.39, 0.29) is 0 Å². The Balaban J connectivity index is 1.37. The quantitative estimate of drug-likeness (QED) is 0.174. The zero-order chi connectivity index (χ0) is 31.3. The van der Waals surface area contributed by atoms with Crippen LogP contribution in [0.25, 0.3) is 107 Å². The first-order chi connectivity index (χ1) is 23.8. The Morgan fingerprint density at radius 3 is 1.67 bits per heavy atom. The number of benzene rings is 9. The lowest BCUT2D eigenvalue weighted by atomic mass is 9.84. The van der Waals surface area contributed by atoms with Gasteiger partial charge in [-0.1, -0.05) is 133 Å². The molecule has 0 aliphatic heterocycles. The van der Waals surface area contributed by atoms with Crippen molar-refractivity contribution < 1.29 is 4.42 Å². The molecule has 0 N–H and O–H groups in total. The maximum absolute atomic E-state index is 7.14. The van der Waals surface area contributed by atoms with Gasteiger partial charge in [0.25, 0.3) is 0 Å². The van der Waals surface area contributed by atoms with Crippen LogP contribution in [-0.4, -0.2) is 0 Å². The van der Waals surface area contributed by atoms with Crippen LogP contribution in [0.4, 0.5) is 0 Å². The fourth-order valence-electron chi connectivity index (χ4n) is 8.13. The van der Waals surface area contributed by atoms with Gasteiger partial charge in [0.1, 0.15) is 11.2 Å². The SMILES string of the molecule is c1ccc2cc(-c3c4ccccc4c(-c4c5oc6c7ccccc7ccc6c5cc5sc6ccccc6c45)c4ccccc34)ccc2c1. The average Bonchev–Trinajstić information content (AvgIpc) is 3.71. The monoisotopic (exact) mass is 626 g/mol. The Labute approximate surface area is 279 Å². The van der Waals surface area contributed by atoms with Gasteiger partial charge in [0, 0.05) is 47.5 Å². The van der Waals surface area contributed by atoms with Crippen molar-refractivity contribution in [2.45, 2.75) is 0 Å². The van der Waals surface area contributed by atoms with Crippen molar-refractivity contribution in [2.24, 2.45) is 0 Å². The number of hydrogen-bond acceptors (Lipinski definition) is 2. The van der Waals surface area contributed by atoms with Crippen LogP contribution in [0.5, 0.6) is 0 Å². The largest absolute Gasteiger partial charge is 0.455 e. The van der Waals surface area contributed by atoms with E-state index in [0.717, 1.165) is 27.3 Å². The summed E-state index contributed by atoms with van der Waals surface area (Å²) in [5.74, 6) is 0. The molecule has 48 heavy (non-hydrogen) atoms. The van der Waals surface area contributed by atoms with Crippen LogP contribution in [0.2, 0.25) is 0 Å². The minimum Gasteiger partial charge on any atom is -0.455 e. The van der Waals surface area contributed by atoms with E-state index in [1.54, 1.807) is 0 Å². The molecule has 2 aromatic heterocycles. The van der Waals surface area contributed by atoms with Crippen LogP contribution < -0.4 is 0 Å². The van der Waals surface area contributed by atoms with Gasteiger partial charge in [0.15, 0.2) is 0 Å². The Morgan fingerprint density at radius 2 is 0.917 bits per heavy atom. The minimum atomic E-state index is 0.950. The van der Waals surface area contributed by atoms with Gasteiger partial charge < -0.3 is 4.42 Å². The fraction of sp³-hybridized carbons (Fsp3) is 0. The molecule has 222 valence electrons. The van der Waals surface area contributed by atoms with E-state index in [1.165, 1.54) is 80.1 Å². The number of furan rings is 1. The first-order valence-electron chi connectivity index (χ1n) is 16.4. The molecular weight excluding hydrogens is 601 g/mol. The number of fused-ring (bicyclic) bond motifs is 11. The third kappa shape index (κ3) is 3.55. The average molecular weight is 627 g/mol. The minimum absolute atomic E-state index is 0.950. The Bertz CT molecular complexity index is 3060. The molecule has 0 radical (unpaired) electrons. The molecule has 0 atom stereocenters. The van der Waals surface area contributed by atoms with Crippen LogP contribution in [0.3, 0.4) is 0 Å². The number of thiophene rings is 1. The second-order valence-corrected chi connectivity index (χ2v) is 13.9. The summed E-state index contributed by atoms with van der Waals surface area (Å²) in [5, 5.41) is 14.6. The van der Waals surface area contributed by atoms with E-state index in [9.17, 15) is 0 Å². The van der Waals surface area contributed by atoms with E-state index in [4.69, 9.17) is 4.42 Å². The van der Waals surface area contributed by atoms with Gasteiger partial charge in [-0.05, 0) is 73.1 Å². The van der Waals surface area contributed by atoms with E-state index >= 15 is 0 Å². The molecule has 0 fully saturated rings. The van der Waals surface area contributed by atoms with Gasteiger partial charge in [-0.15, -0.1) is 11.3 Å². The Morgan fingerprint density at radius 1 is 0.333 bits per heavy atom. The number of hydrogen-bond donors (Lipinski definition) is 0.